The van der Waals surface area contributed by atoms with Crippen molar-refractivity contribution in [3.8, 4) is 0 Å². The molecule has 0 aromatic heterocycles. The van der Waals surface area contributed by atoms with Gasteiger partial charge in [0, 0.05) is 16.9 Å². The second-order valence-electron chi connectivity index (χ2n) is 8.84. The van der Waals surface area contributed by atoms with E-state index in [9.17, 15) is 14.7 Å². The number of carboxylic acids is 1. The van der Waals surface area contributed by atoms with E-state index < -0.39 is 12.0 Å². The van der Waals surface area contributed by atoms with Gasteiger partial charge in [-0.1, -0.05) is 92.7 Å². The fourth-order valence-corrected chi connectivity index (χ4v) is 7.49. The third-order valence-corrected chi connectivity index (χ3v) is 9.75. The predicted octanol–water partition coefficient (Wildman–Crippen LogP) is 5.95. The Labute approximate surface area is 198 Å². The minimum atomic E-state index is -0.697. The number of carbonyl (C=O) groups is 2. The molecule has 0 amide bonds. The Balaban J connectivity index is 1.90. The van der Waals surface area contributed by atoms with Crippen LogP contribution in [0.5, 0.6) is 0 Å². The lowest BCUT2D eigenvalue weighted by molar-refractivity contribution is -0.139. The second-order valence-corrected chi connectivity index (χ2v) is 11.7. The molecule has 1 heterocycles. The first-order valence-corrected chi connectivity index (χ1v) is 14.9. The van der Waals surface area contributed by atoms with E-state index in [1.165, 1.54) is 64.2 Å². The van der Waals surface area contributed by atoms with Crippen LogP contribution in [0.15, 0.2) is 0 Å². The van der Waals surface area contributed by atoms with Crippen molar-refractivity contribution in [3.63, 3.8) is 0 Å². The van der Waals surface area contributed by atoms with E-state index in [1.54, 1.807) is 10.8 Å². The van der Waals surface area contributed by atoms with Gasteiger partial charge < -0.3 is 16.2 Å². The maximum Gasteiger partial charge on any atom is 0.321 e. The first-order valence-electron chi connectivity index (χ1n) is 12.6. The number of nitrogens with two attached hydrogens (primary N) is 1. The van der Waals surface area contributed by atoms with Gasteiger partial charge >= 0.3 is 5.97 Å². The maximum absolute atomic E-state index is 11.7. The molecule has 3 atom stereocenters. The highest BCUT2D eigenvalue weighted by molar-refractivity contribution is 8.77. The number of rotatable bonds is 20. The Morgan fingerprint density at radius 1 is 0.903 bits per heavy atom. The van der Waals surface area contributed by atoms with Gasteiger partial charge in [-0.2, -0.15) is 0 Å². The Hall–Kier alpha value is -0.240. The average Bonchev–Trinajstić information content (AvgIpc) is 2.78. The van der Waals surface area contributed by atoms with Crippen molar-refractivity contribution in [2.24, 2.45) is 5.73 Å². The molecule has 2 unspecified atom stereocenters. The molecule has 0 bridgehead atoms. The number of aliphatic carboxylic acids is 1. The summed E-state index contributed by atoms with van der Waals surface area (Å²) in [5.41, 5.74) is 5.31. The van der Waals surface area contributed by atoms with Crippen LogP contribution >= 0.6 is 21.6 Å². The van der Waals surface area contributed by atoms with Crippen molar-refractivity contribution in [1.82, 2.24) is 5.32 Å². The molecule has 0 aromatic carbocycles. The lowest BCUT2D eigenvalue weighted by atomic mass is 10.0. The minimum absolute atomic E-state index is 0.185. The quantitative estimate of drug-likeness (QED) is 0.148. The smallest absolute Gasteiger partial charge is 0.321 e. The van der Waals surface area contributed by atoms with E-state index >= 15 is 0 Å². The van der Waals surface area contributed by atoms with Gasteiger partial charge in [0.1, 0.15) is 11.8 Å². The number of Topliss-reactive ketones (excluding diaryl/α,β-unsaturated/α-hetero) is 1. The molecular weight excluding hydrogens is 428 g/mol. The van der Waals surface area contributed by atoms with Gasteiger partial charge in [0.15, 0.2) is 0 Å². The summed E-state index contributed by atoms with van der Waals surface area (Å²) >= 11 is 0. The van der Waals surface area contributed by atoms with Crippen molar-refractivity contribution in [1.29, 1.82) is 0 Å². The van der Waals surface area contributed by atoms with Crippen LogP contribution in [-0.4, -0.2) is 46.5 Å². The molecule has 0 radical (unpaired) electrons. The van der Waals surface area contributed by atoms with Crippen molar-refractivity contribution in [2.45, 2.75) is 126 Å². The summed E-state index contributed by atoms with van der Waals surface area (Å²) in [7, 11) is 3.65. The molecule has 1 rings (SSSR count). The molecule has 0 spiro atoms. The number of hydrogen-bond acceptors (Lipinski definition) is 6. The monoisotopic (exact) mass is 474 g/mol. The molecular formula is C24H46N2O3S2. The summed E-state index contributed by atoms with van der Waals surface area (Å²) in [5, 5.41) is 13.8. The third-order valence-electron chi connectivity index (χ3n) is 6.16. The zero-order valence-electron chi connectivity index (χ0n) is 19.6. The highest BCUT2D eigenvalue weighted by atomic mass is 33.1. The molecule has 4 N–H and O–H groups in total. The summed E-state index contributed by atoms with van der Waals surface area (Å²) < 4.78 is 0. The van der Waals surface area contributed by atoms with Crippen molar-refractivity contribution in [2.75, 3.05) is 13.1 Å². The highest BCUT2D eigenvalue weighted by Crippen LogP contribution is 2.43. The van der Waals surface area contributed by atoms with Gasteiger partial charge in [-0.15, -0.1) is 0 Å². The molecule has 7 heteroatoms. The normalized spacial score (nSPS) is 19.9. The SMILES string of the molecule is CC[C@@H]1CCC(C(NCCCCCCCCCCCCCCC(=O)CN)C(=O)O)SS1. The fourth-order valence-electron chi connectivity index (χ4n) is 4.04. The van der Waals surface area contributed by atoms with Crippen LogP contribution in [0, 0.1) is 0 Å². The summed E-state index contributed by atoms with van der Waals surface area (Å²) in [5.74, 6) is -0.512. The summed E-state index contributed by atoms with van der Waals surface area (Å²) in [6, 6.07) is -0.406. The standard InChI is InChI=1S/C24H46N2O3S2/c1-2-21-16-17-22(31-30-21)23(24(28)29)26-18-14-12-10-8-6-4-3-5-7-9-11-13-15-20(27)19-25/h21-23,26H,2-19,25H2,1H3,(H,28,29)/t21-,22?,23?/m1/s1. The molecule has 31 heavy (non-hydrogen) atoms. The molecule has 0 aliphatic carbocycles. The molecule has 182 valence electrons. The lowest BCUT2D eigenvalue weighted by Gasteiger charge is -2.30. The Bertz CT molecular complexity index is 472. The number of unbranched alkanes of at least 4 members (excludes halogenated alkanes) is 11. The Morgan fingerprint density at radius 2 is 1.45 bits per heavy atom. The Kier molecular flexibility index (Phi) is 17.9. The lowest BCUT2D eigenvalue weighted by Crippen LogP contribution is -2.45. The van der Waals surface area contributed by atoms with Crippen LogP contribution in [0.25, 0.3) is 0 Å². The number of nitrogens with one attached hydrogen (secondary N) is 1. The summed E-state index contributed by atoms with van der Waals surface area (Å²) in [6.07, 6.45) is 18.7. The largest absolute Gasteiger partial charge is 0.480 e. The fraction of sp³-hybridized carbons (Fsp3) is 0.917. The van der Waals surface area contributed by atoms with E-state index in [0.29, 0.717) is 11.7 Å². The molecule has 1 fully saturated rings. The van der Waals surface area contributed by atoms with Crippen molar-refractivity contribution >= 4 is 33.3 Å². The van der Waals surface area contributed by atoms with Crippen LogP contribution < -0.4 is 11.1 Å². The Morgan fingerprint density at radius 3 is 1.90 bits per heavy atom. The molecule has 1 aliphatic heterocycles. The minimum Gasteiger partial charge on any atom is -0.480 e. The van der Waals surface area contributed by atoms with Gasteiger partial charge in [0.05, 0.1) is 6.54 Å². The van der Waals surface area contributed by atoms with E-state index in [2.05, 4.69) is 12.2 Å². The van der Waals surface area contributed by atoms with E-state index in [0.717, 1.165) is 38.6 Å². The third kappa shape index (κ3) is 14.5. The highest BCUT2D eigenvalue weighted by Gasteiger charge is 2.32. The molecule has 1 aliphatic rings. The molecule has 1 saturated heterocycles. The number of hydrogen-bond donors (Lipinski definition) is 3. The van der Waals surface area contributed by atoms with Crippen LogP contribution in [0.1, 0.15) is 110 Å². The van der Waals surface area contributed by atoms with Gasteiger partial charge in [-0.05, 0) is 38.6 Å². The maximum atomic E-state index is 11.7. The molecule has 0 aromatic rings. The van der Waals surface area contributed by atoms with Gasteiger partial charge in [0.2, 0.25) is 0 Å². The molecule has 0 saturated carbocycles. The first-order chi connectivity index (χ1) is 15.1. The van der Waals surface area contributed by atoms with Gasteiger partial charge in [-0.25, -0.2) is 0 Å². The summed E-state index contributed by atoms with van der Waals surface area (Å²) in [6.45, 7) is 3.22. The van der Waals surface area contributed by atoms with Crippen LogP contribution in [-0.2, 0) is 9.59 Å². The van der Waals surface area contributed by atoms with Crippen LogP contribution in [0.2, 0.25) is 0 Å². The zero-order chi connectivity index (χ0) is 22.7. The van der Waals surface area contributed by atoms with Crippen LogP contribution in [0.3, 0.4) is 0 Å². The van der Waals surface area contributed by atoms with Crippen LogP contribution in [0.4, 0.5) is 0 Å². The van der Waals surface area contributed by atoms with E-state index in [-0.39, 0.29) is 17.6 Å². The zero-order valence-corrected chi connectivity index (χ0v) is 21.3. The summed E-state index contributed by atoms with van der Waals surface area (Å²) in [4.78, 5) is 22.8. The molecule has 5 nitrogen and oxygen atoms in total. The predicted molar refractivity (Wildman–Crippen MR) is 136 cm³/mol. The van der Waals surface area contributed by atoms with Crippen molar-refractivity contribution < 1.29 is 14.7 Å². The number of carbonyl (C=O) groups excluding carboxylic acids is 1. The van der Waals surface area contributed by atoms with E-state index in [1.807, 2.05) is 10.8 Å². The van der Waals surface area contributed by atoms with Crippen molar-refractivity contribution in [3.05, 3.63) is 0 Å². The number of ketones is 1. The topological polar surface area (TPSA) is 92.4 Å². The van der Waals surface area contributed by atoms with Gasteiger partial charge in [0.25, 0.3) is 0 Å². The average molecular weight is 475 g/mol. The van der Waals surface area contributed by atoms with E-state index in [4.69, 9.17) is 5.73 Å². The first kappa shape index (κ1) is 28.8. The van der Waals surface area contributed by atoms with Gasteiger partial charge in [-0.3, -0.25) is 9.59 Å². The number of carboxylic acid groups (broad SMARTS) is 1. The second kappa shape index (κ2) is 19.2.